The van der Waals surface area contributed by atoms with Gasteiger partial charge < -0.3 is 5.32 Å². The molecule has 30 heavy (non-hydrogen) atoms. The summed E-state index contributed by atoms with van der Waals surface area (Å²) in [5.74, 6) is -4.06. The largest absolute Gasteiger partial charge is 0.318 e. The van der Waals surface area contributed by atoms with E-state index in [0.29, 0.717) is 11.6 Å². The highest BCUT2D eigenvalue weighted by Crippen LogP contribution is 2.28. The first-order valence-corrected chi connectivity index (χ1v) is 10.7. The van der Waals surface area contributed by atoms with Gasteiger partial charge in [0.2, 0.25) is 10.0 Å². The monoisotopic (exact) mass is 498 g/mol. The maximum absolute atomic E-state index is 14.2. The Morgan fingerprint density at radius 1 is 0.933 bits per heavy atom. The summed E-state index contributed by atoms with van der Waals surface area (Å²) in [5.41, 5.74) is -0.317. The molecular formula is C20H14BrF3N2O3S. The van der Waals surface area contributed by atoms with E-state index in [1.165, 1.54) is 0 Å². The van der Waals surface area contributed by atoms with Gasteiger partial charge in [-0.05, 0) is 45.8 Å². The summed E-state index contributed by atoms with van der Waals surface area (Å²) in [4.78, 5) is 12.1. The lowest BCUT2D eigenvalue weighted by molar-refractivity contribution is 0.102. The van der Waals surface area contributed by atoms with E-state index in [2.05, 4.69) is 26.0 Å². The number of halogens is 4. The summed E-state index contributed by atoms with van der Waals surface area (Å²) in [5, 5.41) is 2.12. The molecule has 5 nitrogen and oxygen atoms in total. The molecule has 3 rings (SSSR count). The Balaban J connectivity index is 1.85. The lowest BCUT2D eigenvalue weighted by Crippen LogP contribution is -2.24. The minimum Gasteiger partial charge on any atom is -0.318 e. The molecule has 0 aromatic heterocycles. The van der Waals surface area contributed by atoms with E-state index >= 15 is 0 Å². The van der Waals surface area contributed by atoms with Gasteiger partial charge in [-0.25, -0.2) is 26.3 Å². The van der Waals surface area contributed by atoms with Crippen LogP contribution in [0, 0.1) is 17.5 Å². The molecule has 0 atom stereocenters. The van der Waals surface area contributed by atoms with Gasteiger partial charge in [0.25, 0.3) is 5.91 Å². The maximum atomic E-state index is 14.2. The van der Waals surface area contributed by atoms with Crippen LogP contribution in [0.15, 0.2) is 70.0 Å². The molecule has 0 heterocycles. The topological polar surface area (TPSA) is 75.3 Å². The Bertz CT molecular complexity index is 1180. The van der Waals surface area contributed by atoms with Crippen LogP contribution < -0.4 is 10.0 Å². The first-order chi connectivity index (χ1) is 14.2. The number of carbonyl (C=O) groups excluding carboxylic acids is 1. The van der Waals surface area contributed by atoms with Crippen LogP contribution in [0.2, 0.25) is 0 Å². The van der Waals surface area contributed by atoms with Crippen LogP contribution in [0.25, 0.3) is 0 Å². The van der Waals surface area contributed by atoms with Crippen molar-refractivity contribution in [2.45, 2.75) is 11.4 Å². The smallest absolute Gasteiger partial charge is 0.258 e. The Labute approximate surface area is 179 Å². The highest BCUT2D eigenvalue weighted by molar-refractivity contribution is 9.10. The summed E-state index contributed by atoms with van der Waals surface area (Å²) in [6.07, 6.45) is 0. The SMILES string of the molecule is O=C(Nc1c(F)cc(F)cc1Br)c1cc(S(=O)(=O)NCc2ccccc2)ccc1F. The van der Waals surface area contributed by atoms with Crippen LogP contribution in [0.1, 0.15) is 15.9 Å². The third-order valence-electron chi connectivity index (χ3n) is 4.05. The van der Waals surface area contributed by atoms with Gasteiger partial charge in [-0.2, -0.15) is 0 Å². The average Bonchev–Trinajstić information content (AvgIpc) is 2.70. The second-order valence-corrected chi connectivity index (χ2v) is 8.77. The van der Waals surface area contributed by atoms with E-state index < -0.39 is 44.6 Å². The minimum atomic E-state index is -4.06. The van der Waals surface area contributed by atoms with Gasteiger partial charge in [0.05, 0.1) is 16.1 Å². The van der Waals surface area contributed by atoms with Gasteiger partial charge in [-0.1, -0.05) is 30.3 Å². The first-order valence-electron chi connectivity index (χ1n) is 8.46. The Morgan fingerprint density at radius 3 is 2.30 bits per heavy atom. The third kappa shape index (κ3) is 5.07. The molecule has 1 amide bonds. The number of sulfonamides is 1. The van der Waals surface area contributed by atoms with E-state index in [1.807, 2.05) is 0 Å². The third-order valence-corrected chi connectivity index (χ3v) is 6.07. The van der Waals surface area contributed by atoms with Crippen molar-refractivity contribution in [2.24, 2.45) is 0 Å². The molecule has 0 unspecified atom stereocenters. The molecule has 156 valence electrons. The number of hydrogen-bond acceptors (Lipinski definition) is 3. The van der Waals surface area contributed by atoms with Gasteiger partial charge in [-0.15, -0.1) is 0 Å². The fourth-order valence-electron chi connectivity index (χ4n) is 2.55. The number of hydrogen-bond donors (Lipinski definition) is 2. The van der Waals surface area contributed by atoms with Crippen molar-refractivity contribution in [1.82, 2.24) is 4.72 Å². The van der Waals surface area contributed by atoms with Crippen LogP contribution >= 0.6 is 15.9 Å². The molecule has 2 N–H and O–H groups in total. The standard InChI is InChI=1S/C20H14BrF3N2O3S/c21-16-8-13(22)9-18(24)19(16)26-20(27)15-10-14(6-7-17(15)23)30(28,29)25-11-12-4-2-1-3-5-12/h1-10,25H,11H2,(H,26,27). The van der Waals surface area contributed by atoms with Crippen LogP contribution in [0.4, 0.5) is 18.9 Å². The zero-order chi connectivity index (χ0) is 21.9. The zero-order valence-corrected chi connectivity index (χ0v) is 17.5. The summed E-state index contributed by atoms with van der Waals surface area (Å²) < 4.78 is 68.6. The van der Waals surface area contributed by atoms with Gasteiger partial charge in [0, 0.05) is 17.1 Å². The van der Waals surface area contributed by atoms with E-state index in [4.69, 9.17) is 0 Å². The molecule has 0 saturated heterocycles. The summed E-state index contributed by atoms with van der Waals surface area (Å²) in [7, 11) is -4.06. The molecule has 0 spiro atoms. The highest BCUT2D eigenvalue weighted by atomic mass is 79.9. The number of benzene rings is 3. The number of nitrogens with one attached hydrogen (secondary N) is 2. The van der Waals surface area contributed by atoms with Crippen LogP contribution in [-0.2, 0) is 16.6 Å². The molecular weight excluding hydrogens is 485 g/mol. The molecule has 0 aliphatic rings. The second-order valence-electron chi connectivity index (χ2n) is 6.15. The van der Waals surface area contributed by atoms with Gasteiger partial charge in [0.1, 0.15) is 11.6 Å². The number of rotatable bonds is 6. The van der Waals surface area contributed by atoms with E-state index in [0.717, 1.165) is 24.3 Å². The van der Waals surface area contributed by atoms with Crippen molar-refractivity contribution < 1.29 is 26.4 Å². The van der Waals surface area contributed by atoms with Gasteiger partial charge in [-0.3, -0.25) is 4.79 Å². The van der Waals surface area contributed by atoms with Crippen LogP contribution in [0.3, 0.4) is 0 Å². The van der Waals surface area contributed by atoms with Crippen molar-refractivity contribution in [2.75, 3.05) is 5.32 Å². The van der Waals surface area contributed by atoms with Gasteiger partial charge in [0.15, 0.2) is 5.82 Å². The van der Waals surface area contributed by atoms with Crippen molar-refractivity contribution in [3.8, 4) is 0 Å². The first kappa shape index (κ1) is 22.0. The molecule has 3 aromatic carbocycles. The Hall–Kier alpha value is -2.69. The molecule has 3 aromatic rings. The van der Waals surface area contributed by atoms with E-state index in [-0.39, 0.29) is 15.9 Å². The molecule has 10 heteroatoms. The molecule has 0 radical (unpaired) electrons. The van der Waals surface area contributed by atoms with Crippen molar-refractivity contribution in [3.63, 3.8) is 0 Å². The van der Waals surface area contributed by atoms with Crippen molar-refractivity contribution >= 4 is 37.5 Å². The number of amides is 1. The maximum Gasteiger partial charge on any atom is 0.258 e. The molecule has 0 fully saturated rings. The summed E-state index contributed by atoms with van der Waals surface area (Å²) in [6, 6.07) is 12.9. The second kappa shape index (κ2) is 8.99. The molecule has 0 bridgehead atoms. The Kier molecular flexibility index (Phi) is 6.59. The fraction of sp³-hybridized carbons (Fsp3) is 0.0500. The van der Waals surface area contributed by atoms with Crippen LogP contribution in [0.5, 0.6) is 0 Å². The predicted molar refractivity (Wildman–Crippen MR) is 109 cm³/mol. The average molecular weight is 499 g/mol. The van der Waals surface area contributed by atoms with E-state index in [9.17, 15) is 26.4 Å². The zero-order valence-electron chi connectivity index (χ0n) is 15.1. The Morgan fingerprint density at radius 2 is 1.63 bits per heavy atom. The number of carbonyl (C=O) groups is 1. The summed E-state index contributed by atoms with van der Waals surface area (Å²) in [6.45, 7) is -0.00415. The van der Waals surface area contributed by atoms with Crippen LogP contribution in [-0.4, -0.2) is 14.3 Å². The van der Waals surface area contributed by atoms with Gasteiger partial charge >= 0.3 is 0 Å². The number of anilines is 1. The van der Waals surface area contributed by atoms with Crippen molar-refractivity contribution in [1.29, 1.82) is 0 Å². The quantitative estimate of drug-likeness (QED) is 0.521. The normalized spacial score (nSPS) is 11.3. The molecule has 0 aliphatic carbocycles. The molecule has 0 saturated carbocycles. The van der Waals surface area contributed by atoms with E-state index in [1.54, 1.807) is 30.3 Å². The molecule has 0 aliphatic heterocycles. The fourth-order valence-corrected chi connectivity index (χ4v) is 4.10. The summed E-state index contributed by atoms with van der Waals surface area (Å²) >= 11 is 2.91. The predicted octanol–water partition coefficient (Wildman–Crippen LogP) is 4.60. The highest BCUT2D eigenvalue weighted by Gasteiger charge is 2.21. The lowest BCUT2D eigenvalue weighted by Gasteiger charge is -2.11. The van der Waals surface area contributed by atoms with Crippen molar-refractivity contribution in [3.05, 3.63) is 93.7 Å². The lowest BCUT2D eigenvalue weighted by atomic mass is 10.2. The minimum absolute atomic E-state index is 0.00415.